The summed E-state index contributed by atoms with van der Waals surface area (Å²) >= 11 is 0. The minimum atomic E-state index is -1.33. The zero-order valence-corrected chi connectivity index (χ0v) is 17.5. The van der Waals surface area contributed by atoms with Crippen LogP contribution in [0.3, 0.4) is 0 Å². The molecule has 29 heavy (non-hydrogen) atoms. The number of benzene rings is 1. The van der Waals surface area contributed by atoms with Crippen LogP contribution in [-0.2, 0) is 11.2 Å². The first-order valence-corrected chi connectivity index (χ1v) is 10.6. The second kappa shape index (κ2) is 9.91. The highest BCUT2D eigenvalue weighted by Crippen LogP contribution is 2.31. The second-order valence-electron chi connectivity index (χ2n) is 7.88. The molecule has 0 saturated carbocycles. The Balaban J connectivity index is 1.74. The Morgan fingerprint density at radius 1 is 1.03 bits per heavy atom. The number of nitrogens with zero attached hydrogens (tertiary/aromatic N) is 1. The molecule has 2 aromatic rings. The van der Waals surface area contributed by atoms with Gasteiger partial charge in [0.05, 0.1) is 11.6 Å². The summed E-state index contributed by atoms with van der Waals surface area (Å²) in [5, 5.41) is 31.2. The fraction of sp³-hybridized carbons (Fsp3) is 0.636. The summed E-state index contributed by atoms with van der Waals surface area (Å²) in [7, 11) is 0. The quantitative estimate of drug-likeness (QED) is 0.509. The normalized spacial score (nSPS) is 27.6. The molecule has 162 valence electrons. The van der Waals surface area contributed by atoms with E-state index in [-0.39, 0.29) is 0 Å². The summed E-state index contributed by atoms with van der Waals surface area (Å²) in [6.07, 6.45) is -0.241. The lowest BCUT2D eigenvalue weighted by Crippen LogP contribution is -2.58. The Labute approximate surface area is 172 Å². The van der Waals surface area contributed by atoms with Gasteiger partial charge in [-0.1, -0.05) is 26.0 Å². The first-order chi connectivity index (χ1) is 14.0. The number of aromatic nitrogens is 1. The molecule has 1 fully saturated rings. The summed E-state index contributed by atoms with van der Waals surface area (Å²) in [5.74, 6) is 0.549. The van der Waals surface area contributed by atoms with Crippen molar-refractivity contribution in [3.63, 3.8) is 0 Å². The Hall–Kier alpha value is -1.64. The first kappa shape index (κ1) is 22.1. The van der Waals surface area contributed by atoms with Crippen LogP contribution >= 0.6 is 0 Å². The van der Waals surface area contributed by atoms with Gasteiger partial charge in [-0.05, 0) is 50.9 Å². The summed E-state index contributed by atoms with van der Waals surface area (Å²) in [6, 6.07) is 5.77. The molecular formula is C22H34N2O5. The molecule has 7 nitrogen and oxygen atoms in total. The van der Waals surface area contributed by atoms with Gasteiger partial charge in [0, 0.05) is 18.1 Å². The van der Waals surface area contributed by atoms with Crippen LogP contribution in [0.1, 0.15) is 39.2 Å². The van der Waals surface area contributed by atoms with Crippen molar-refractivity contribution < 1.29 is 24.8 Å². The van der Waals surface area contributed by atoms with Gasteiger partial charge in [-0.2, -0.15) is 0 Å². The zero-order valence-electron chi connectivity index (χ0n) is 17.5. The molecule has 3 rings (SSSR count). The van der Waals surface area contributed by atoms with E-state index in [1.165, 1.54) is 5.56 Å². The monoisotopic (exact) mass is 406 g/mol. The third-order valence-corrected chi connectivity index (χ3v) is 5.59. The topological polar surface area (TPSA) is 98.2 Å². The van der Waals surface area contributed by atoms with E-state index < -0.39 is 30.7 Å². The van der Waals surface area contributed by atoms with Crippen molar-refractivity contribution in [1.82, 2.24) is 9.88 Å². The number of H-pyrrole nitrogens is 1. The largest absolute Gasteiger partial charge is 0.460 e. The van der Waals surface area contributed by atoms with Crippen molar-refractivity contribution in [2.75, 3.05) is 19.6 Å². The van der Waals surface area contributed by atoms with Crippen molar-refractivity contribution in [3.8, 4) is 5.75 Å². The number of nitrogens with one attached hydrogen (secondary N) is 1. The average molecular weight is 407 g/mol. The van der Waals surface area contributed by atoms with Gasteiger partial charge in [-0.15, -0.1) is 0 Å². The van der Waals surface area contributed by atoms with Crippen LogP contribution in [0.15, 0.2) is 24.4 Å². The van der Waals surface area contributed by atoms with Crippen LogP contribution in [0.4, 0.5) is 0 Å². The minimum absolute atomic E-state index is 0.549. The molecular weight excluding hydrogens is 372 g/mol. The number of ether oxygens (including phenoxy) is 2. The number of rotatable bonds is 9. The summed E-state index contributed by atoms with van der Waals surface area (Å²) in [5.41, 5.74) is 2.06. The van der Waals surface area contributed by atoms with Crippen LogP contribution in [0, 0.1) is 0 Å². The fourth-order valence-electron chi connectivity index (χ4n) is 3.97. The van der Waals surface area contributed by atoms with E-state index in [0.29, 0.717) is 5.75 Å². The molecule has 1 saturated heterocycles. The van der Waals surface area contributed by atoms with Gasteiger partial charge in [0.25, 0.3) is 0 Å². The number of para-hydroxylation sites is 1. The maximum Gasteiger partial charge on any atom is 0.229 e. The van der Waals surface area contributed by atoms with Gasteiger partial charge < -0.3 is 34.7 Å². The molecule has 0 bridgehead atoms. The number of hydrogen-bond acceptors (Lipinski definition) is 6. The Morgan fingerprint density at radius 2 is 1.76 bits per heavy atom. The molecule has 1 aromatic heterocycles. The zero-order chi connectivity index (χ0) is 21.0. The van der Waals surface area contributed by atoms with E-state index in [1.807, 2.05) is 12.3 Å². The maximum absolute atomic E-state index is 10.2. The molecule has 0 radical (unpaired) electrons. The van der Waals surface area contributed by atoms with Crippen LogP contribution in [-0.4, -0.2) is 75.5 Å². The predicted octanol–water partition coefficient (Wildman–Crippen LogP) is 2.04. The van der Waals surface area contributed by atoms with E-state index in [0.717, 1.165) is 49.8 Å². The molecule has 1 aliphatic rings. The molecule has 1 aromatic carbocycles. The molecule has 7 heteroatoms. The lowest BCUT2D eigenvalue weighted by Gasteiger charge is -2.38. The molecule has 0 amide bonds. The van der Waals surface area contributed by atoms with E-state index in [4.69, 9.17) is 9.47 Å². The standard InChI is InChI=1S/C22H34N2O5/c1-4-10-24(11-5-2)12-9-15-13-23-18-16(15)7-6-8-17(18)29-22-21(27)20(26)19(25)14(3)28-22/h6-8,13-14,19-23,25-27H,4-5,9-12H2,1-3H3. The van der Waals surface area contributed by atoms with E-state index in [2.05, 4.69) is 29.8 Å². The molecule has 0 aliphatic carbocycles. The fourth-order valence-corrected chi connectivity index (χ4v) is 3.97. The predicted molar refractivity (Wildman–Crippen MR) is 112 cm³/mol. The lowest BCUT2D eigenvalue weighted by molar-refractivity contribution is -0.267. The SMILES string of the molecule is CCCN(CCC)CCc1c[nH]c2c(OC3OC(C)C(O)C(O)C3O)cccc12. The van der Waals surface area contributed by atoms with Crippen LogP contribution in [0.2, 0.25) is 0 Å². The number of aromatic amines is 1. The van der Waals surface area contributed by atoms with Gasteiger partial charge in [0.15, 0.2) is 0 Å². The second-order valence-corrected chi connectivity index (χ2v) is 7.88. The molecule has 4 N–H and O–H groups in total. The number of hydrogen-bond donors (Lipinski definition) is 4. The van der Waals surface area contributed by atoms with Crippen LogP contribution in [0.25, 0.3) is 10.9 Å². The van der Waals surface area contributed by atoms with Crippen LogP contribution < -0.4 is 4.74 Å². The van der Waals surface area contributed by atoms with Crippen molar-refractivity contribution in [1.29, 1.82) is 0 Å². The van der Waals surface area contributed by atoms with Crippen LogP contribution in [0.5, 0.6) is 5.75 Å². The molecule has 2 heterocycles. The number of aliphatic hydroxyl groups is 3. The third-order valence-electron chi connectivity index (χ3n) is 5.59. The third kappa shape index (κ3) is 4.92. The van der Waals surface area contributed by atoms with E-state index >= 15 is 0 Å². The maximum atomic E-state index is 10.2. The van der Waals surface area contributed by atoms with Gasteiger partial charge in [-0.25, -0.2) is 0 Å². The molecule has 1 aliphatic heterocycles. The van der Waals surface area contributed by atoms with Gasteiger partial charge in [0.1, 0.15) is 24.1 Å². The van der Waals surface area contributed by atoms with Crippen molar-refractivity contribution in [2.45, 2.75) is 70.7 Å². The van der Waals surface area contributed by atoms with Gasteiger partial charge in [0.2, 0.25) is 6.29 Å². The smallest absolute Gasteiger partial charge is 0.229 e. The van der Waals surface area contributed by atoms with Crippen molar-refractivity contribution in [2.24, 2.45) is 0 Å². The van der Waals surface area contributed by atoms with Crippen molar-refractivity contribution in [3.05, 3.63) is 30.0 Å². The van der Waals surface area contributed by atoms with E-state index in [9.17, 15) is 15.3 Å². The van der Waals surface area contributed by atoms with Gasteiger partial charge in [-0.3, -0.25) is 0 Å². The van der Waals surface area contributed by atoms with Gasteiger partial charge >= 0.3 is 0 Å². The highest BCUT2D eigenvalue weighted by molar-refractivity contribution is 5.88. The van der Waals surface area contributed by atoms with E-state index in [1.54, 1.807) is 13.0 Å². The first-order valence-electron chi connectivity index (χ1n) is 10.6. The number of fused-ring (bicyclic) bond motifs is 1. The Bertz CT molecular complexity index is 774. The lowest BCUT2D eigenvalue weighted by atomic mass is 10.00. The van der Waals surface area contributed by atoms with Crippen molar-refractivity contribution >= 4 is 10.9 Å². The minimum Gasteiger partial charge on any atom is -0.460 e. The summed E-state index contributed by atoms with van der Waals surface area (Å²) < 4.78 is 11.5. The highest BCUT2D eigenvalue weighted by Gasteiger charge is 2.43. The Morgan fingerprint density at radius 3 is 2.45 bits per heavy atom. The molecule has 5 atom stereocenters. The summed E-state index contributed by atoms with van der Waals surface area (Å²) in [4.78, 5) is 5.77. The number of aliphatic hydroxyl groups excluding tert-OH is 3. The summed E-state index contributed by atoms with van der Waals surface area (Å²) in [6.45, 7) is 9.27. The Kier molecular flexibility index (Phi) is 7.54. The molecule has 5 unspecified atom stereocenters. The molecule has 0 spiro atoms. The average Bonchev–Trinajstić information content (AvgIpc) is 3.13. The highest BCUT2D eigenvalue weighted by atomic mass is 16.7.